The van der Waals surface area contributed by atoms with E-state index in [9.17, 15) is 5.11 Å². The zero-order chi connectivity index (χ0) is 16.2. The average molecular weight is 299 g/mol. The average Bonchev–Trinajstić information content (AvgIpc) is 2.47. The number of hydrogen-bond acceptors (Lipinski definition) is 4. The van der Waals surface area contributed by atoms with Crippen LogP contribution in [0.5, 0.6) is 0 Å². The van der Waals surface area contributed by atoms with Crippen molar-refractivity contribution in [1.29, 1.82) is 0 Å². The molecular formula is C18H25N3O. The molecule has 0 spiro atoms. The predicted molar refractivity (Wildman–Crippen MR) is 89.9 cm³/mol. The molecule has 2 N–H and O–H groups in total. The lowest BCUT2D eigenvalue weighted by Crippen LogP contribution is -2.25. The molecule has 1 atom stereocenters. The van der Waals surface area contributed by atoms with Crippen molar-refractivity contribution >= 4 is 5.82 Å². The first kappa shape index (κ1) is 16.4. The fraction of sp³-hybridized carbons (Fsp3) is 0.444. The van der Waals surface area contributed by atoms with Gasteiger partial charge in [-0.25, -0.2) is 9.97 Å². The van der Waals surface area contributed by atoms with Crippen molar-refractivity contribution in [2.75, 3.05) is 11.9 Å². The van der Waals surface area contributed by atoms with Crippen LogP contribution < -0.4 is 5.32 Å². The largest absolute Gasteiger partial charge is 0.385 e. The molecule has 1 unspecified atom stereocenters. The fourth-order valence-corrected chi connectivity index (χ4v) is 2.19. The van der Waals surface area contributed by atoms with Crippen LogP contribution in [0.4, 0.5) is 5.82 Å². The normalized spacial score (nSPS) is 14.4. The lowest BCUT2D eigenvalue weighted by Gasteiger charge is -2.24. The van der Waals surface area contributed by atoms with E-state index in [-0.39, 0.29) is 5.41 Å². The van der Waals surface area contributed by atoms with E-state index >= 15 is 0 Å². The molecule has 4 nitrogen and oxygen atoms in total. The van der Waals surface area contributed by atoms with E-state index in [1.807, 2.05) is 43.3 Å². The Morgan fingerprint density at radius 1 is 1.05 bits per heavy atom. The maximum Gasteiger partial charge on any atom is 0.135 e. The monoisotopic (exact) mass is 299 g/mol. The van der Waals surface area contributed by atoms with E-state index in [0.717, 1.165) is 17.2 Å². The van der Waals surface area contributed by atoms with Crippen LogP contribution in [-0.4, -0.2) is 21.6 Å². The molecule has 0 amide bonds. The second-order valence-electron chi connectivity index (χ2n) is 6.83. The summed E-state index contributed by atoms with van der Waals surface area (Å²) in [5.74, 6) is 1.61. The first-order chi connectivity index (χ1) is 10.3. The summed E-state index contributed by atoms with van der Waals surface area (Å²) in [4.78, 5) is 8.85. The molecule has 4 heteroatoms. The second-order valence-corrected chi connectivity index (χ2v) is 6.83. The van der Waals surface area contributed by atoms with Crippen molar-refractivity contribution in [2.45, 2.75) is 45.1 Å². The minimum absolute atomic E-state index is 0.0762. The third kappa shape index (κ3) is 4.28. The van der Waals surface area contributed by atoms with Gasteiger partial charge in [0.2, 0.25) is 0 Å². The van der Waals surface area contributed by atoms with Gasteiger partial charge in [-0.1, -0.05) is 51.1 Å². The molecule has 1 aromatic heterocycles. The standard InChI is InChI=1S/C18H25N3O/c1-17(2,3)16-20-12-10-15(21-16)19-13-11-18(4,22)14-8-6-5-7-9-14/h5-10,12,22H,11,13H2,1-4H3,(H,19,20,21). The van der Waals surface area contributed by atoms with E-state index in [1.165, 1.54) is 0 Å². The van der Waals surface area contributed by atoms with Crippen LogP contribution >= 0.6 is 0 Å². The Bertz CT molecular complexity index is 603. The van der Waals surface area contributed by atoms with Crippen molar-refractivity contribution in [3.05, 3.63) is 54.0 Å². The molecule has 0 aliphatic carbocycles. The van der Waals surface area contributed by atoms with Gasteiger partial charge in [-0.05, 0) is 25.0 Å². The lowest BCUT2D eigenvalue weighted by molar-refractivity contribution is 0.0515. The fourth-order valence-electron chi connectivity index (χ4n) is 2.19. The molecule has 0 saturated heterocycles. The summed E-state index contributed by atoms with van der Waals surface area (Å²) in [7, 11) is 0. The molecule has 1 heterocycles. The third-order valence-corrected chi connectivity index (χ3v) is 3.64. The van der Waals surface area contributed by atoms with Gasteiger partial charge >= 0.3 is 0 Å². The molecular weight excluding hydrogens is 274 g/mol. The first-order valence-corrected chi connectivity index (χ1v) is 7.64. The number of rotatable bonds is 5. The van der Waals surface area contributed by atoms with Gasteiger partial charge in [-0.15, -0.1) is 0 Å². The van der Waals surface area contributed by atoms with E-state index < -0.39 is 5.60 Å². The van der Waals surface area contributed by atoms with Crippen LogP contribution in [0, 0.1) is 0 Å². The summed E-state index contributed by atoms with van der Waals surface area (Å²) >= 11 is 0. The van der Waals surface area contributed by atoms with E-state index in [4.69, 9.17) is 0 Å². The van der Waals surface area contributed by atoms with Crippen LogP contribution in [0.1, 0.15) is 45.5 Å². The molecule has 0 bridgehead atoms. The van der Waals surface area contributed by atoms with E-state index in [0.29, 0.717) is 13.0 Å². The van der Waals surface area contributed by atoms with Crippen LogP contribution in [0.2, 0.25) is 0 Å². The van der Waals surface area contributed by atoms with Crippen LogP contribution in [0.25, 0.3) is 0 Å². The van der Waals surface area contributed by atoms with Gasteiger partial charge in [0, 0.05) is 18.2 Å². The van der Waals surface area contributed by atoms with Crippen molar-refractivity contribution in [1.82, 2.24) is 9.97 Å². The topological polar surface area (TPSA) is 58.0 Å². The van der Waals surface area contributed by atoms with Gasteiger partial charge in [0.1, 0.15) is 11.6 Å². The Labute approximate surface area is 132 Å². The summed E-state index contributed by atoms with van der Waals surface area (Å²) in [6.07, 6.45) is 2.37. The van der Waals surface area contributed by atoms with Crippen LogP contribution in [0.15, 0.2) is 42.6 Å². The highest BCUT2D eigenvalue weighted by Gasteiger charge is 2.22. The number of nitrogens with zero attached hydrogens (tertiary/aromatic N) is 2. The Balaban J connectivity index is 1.97. The Morgan fingerprint density at radius 2 is 1.73 bits per heavy atom. The molecule has 0 aliphatic rings. The van der Waals surface area contributed by atoms with Crippen molar-refractivity contribution in [2.24, 2.45) is 0 Å². The summed E-state index contributed by atoms with van der Waals surface area (Å²) in [5.41, 5.74) is -0.00339. The van der Waals surface area contributed by atoms with Crippen LogP contribution in [-0.2, 0) is 11.0 Å². The minimum atomic E-state index is -0.853. The van der Waals surface area contributed by atoms with Crippen molar-refractivity contribution in [3.63, 3.8) is 0 Å². The minimum Gasteiger partial charge on any atom is -0.385 e. The molecule has 1 aromatic carbocycles. The van der Waals surface area contributed by atoms with E-state index in [2.05, 4.69) is 36.1 Å². The molecule has 0 fully saturated rings. The van der Waals surface area contributed by atoms with Gasteiger partial charge in [0.15, 0.2) is 0 Å². The van der Waals surface area contributed by atoms with Gasteiger partial charge in [0.25, 0.3) is 0 Å². The summed E-state index contributed by atoms with van der Waals surface area (Å²) in [5, 5.41) is 13.8. The molecule has 0 saturated carbocycles. The second kappa shape index (κ2) is 6.44. The van der Waals surface area contributed by atoms with Gasteiger partial charge in [-0.2, -0.15) is 0 Å². The summed E-state index contributed by atoms with van der Waals surface area (Å²) < 4.78 is 0. The number of benzene rings is 1. The summed E-state index contributed by atoms with van der Waals surface area (Å²) in [6.45, 7) is 8.75. The Kier molecular flexibility index (Phi) is 4.81. The number of anilines is 1. The number of aliphatic hydroxyl groups is 1. The number of nitrogens with one attached hydrogen (secondary N) is 1. The molecule has 22 heavy (non-hydrogen) atoms. The van der Waals surface area contributed by atoms with Gasteiger partial charge in [-0.3, -0.25) is 0 Å². The summed E-state index contributed by atoms with van der Waals surface area (Å²) in [6, 6.07) is 11.6. The maximum absolute atomic E-state index is 10.6. The SMILES string of the molecule is CC(C)(C)c1nccc(NCCC(C)(O)c2ccccc2)n1. The molecule has 2 aromatic rings. The number of hydrogen-bond donors (Lipinski definition) is 2. The molecule has 2 rings (SSSR count). The highest BCUT2D eigenvalue weighted by Crippen LogP contribution is 2.24. The first-order valence-electron chi connectivity index (χ1n) is 7.64. The predicted octanol–water partition coefficient (Wildman–Crippen LogP) is 3.48. The van der Waals surface area contributed by atoms with Crippen molar-refractivity contribution < 1.29 is 5.11 Å². The van der Waals surface area contributed by atoms with Crippen LogP contribution in [0.3, 0.4) is 0 Å². The van der Waals surface area contributed by atoms with Gasteiger partial charge < -0.3 is 10.4 Å². The third-order valence-electron chi connectivity index (χ3n) is 3.64. The zero-order valence-electron chi connectivity index (χ0n) is 13.8. The molecule has 118 valence electrons. The highest BCUT2D eigenvalue weighted by molar-refractivity contribution is 5.34. The Hall–Kier alpha value is -1.94. The highest BCUT2D eigenvalue weighted by atomic mass is 16.3. The van der Waals surface area contributed by atoms with E-state index in [1.54, 1.807) is 6.20 Å². The maximum atomic E-state index is 10.6. The van der Waals surface area contributed by atoms with Gasteiger partial charge in [0.05, 0.1) is 5.60 Å². The smallest absolute Gasteiger partial charge is 0.135 e. The quantitative estimate of drug-likeness (QED) is 0.887. The zero-order valence-corrected chi connectivity index (χ0v) is 13.8. The number of aromatic nitrogens is 2. The van der Waals surface area contributed by atoms with Crippen molar-refractivity contribution in [3.8, 4) is 0 Å². The molecule has 0 aliphatic heterocycles. The lowest BCUT2D eigenvalue weighted by atomic mass is 9.93. The molecule has 0 radical (unpaired) electrons. The Morgan fingerprint density at radius 3 is 2.36 bits per heavy atom.